The van der Waals surface area contributed by atoms with Gasteiger partial charge in [0, 0.05) is 5.41 Å². The second kappa shape index (κ2) is 2.33. The highest BCUT2D eigenvalue weighted by Gasteiger charge is 1.97. The highest BCUT2D eigenvalue weighted by Crippen LogP contribution is 1.91. The number of alkyl halides is 1. The van der Waals surface area contributed by atoms with Crippen molar-refractivity contribution in [2.45, 2.75) is 0 Å². The standard InChI is InChI=1S/C3H5ClO2S/c1-2-7(5,6)3-4/h2H,1,3H2. The molecule has 42 valence electrons. The van der Waals surface area contributed by atoms with Crippen molar-refractivity contribution in [3.63, 3.8) is 0 Å². The molecule has 0 aromatic carbocycles. The van der Waals surface area contributed by atoms with Crippen LogP contribution in [0.5, 0.6) is 0 Å². The first-order valence-electron chi connectivity index (χ1n) is 1.53. The molecule has 0 aliphatic carbocycles. The minimum atomic E-state index is -3.13. The van der Waals surface area contributed by atoms with E-state index in [4.69, 9.17) is 11.6 Å². The van der Waals surface area contributed by atoms with Crippen LogP contribution in [0.2, 0.25) is 0 Å². The van der Waals surface area contributed by atoms with Crippen molar-refractivity contribution in [3.05, 3.63) is 12.0 Å². The molecule has 0 aliphatic heterocycles. The highest BCUT2D eigenvalue weighted by atomic mass is 35.5. The minimum Gasteiger partial charge on any atom is -0.223 e. The average Bonchev–Trinajstić information content (AvgIpc) is 1.68. The SMILES string of the molecule is C=CS(=O)(=O)CCl. The van der Waals surface area contributed by atoms with Crippen LogP contribution in [-0.4, -0.2) is 13.6 Å². The first-order valence-corrected chi connectivity index (χ1v) is 3.78. The molecule has 2 nitrogen and oxygen atoms in total. The van der Waals surface area contributed by atoms with Gasteiger partial charge in [0.25, 0.3) is 0 Å². The summed E-state index contributed by atoms with van der Waals surface area (Å²) in [6.45, 7) is 3.03. The summed E-state index contributed by atoms with van der Waals surface area (Å²) in [4.78, 5) is 0. The number of rotatable bonds is 2. The largest absolute Gasteiger partial charge is 0.223 e. The van der Waals surface area contributed by atoms with Gasteiger partial charge >= 0.3 is 0 Å². The minimum absolute atomic E-state index is 0.378. The lowest BCUT2D eigenvalue weighted by atomic mass is 11.3. The maximum absolute atomic E-state index is 10.1. The van der Waals surface area contributed by atoms with Crippen molar-refractivity contribution in [1.29, 1.82) is 0 Å². The summed E-state index contributed by atoms with van der Waals surface area (Å²) in [6, 6.07) is 0. The summed E-state index contributed by atoms with van der Waals surface area (Å²) in [5.74, 6) is 0. The van der Waals surface area contributed by atoms with Gasteiger partial charge < -0.3 is 0 Å². The summed E-state index contributed by atoms with van der Waals surface area (Å²) in [5.41, 5.74) is 0. The molecule has 0 aromatic heterocycles. The summed E-state index contributed by atoms with van der Waals surface area (Å²) in [5, 5.41) is 0.455. The zero-order valence-electron chi connectivity index (χ0n) is 3.59. The van der Waals surface area contributed by atoms with Crippen molar-refractivity contribution >= 4 is 21.4 Å². The second-order valence-electron chi connectivity index (χ2n) is 0.939. The van der Waals surface area contributed by atoms with Gasteiger partial charge in [-0.2, -0.15) is 0 Å². The molecule has 7 heavy (non-hydrogen) atoms. The van der Waals surface area contributed by atoms with Crippen LogP contribution in [0.3, 0.4) is 0 Å². The Morgan fingerprint density at radius 2 is 2.14 bits per heavy atom. The quantitative estimate of drug-likeness (QED) is 0.531. The van der Waals surface area contributed by atoms with Crippen molar-refractivity contribution in [1.82, 2.24) is 0 Å². The first kappa shape index (κ1) is 6.98. The molecule has 0 saturated heterocycles. The molecule has 4 heteroatoms. The zero-order valence-corrected chi connectivity index (χ0v) is 5.17. The van der Waals surface area contributed by atoms with Crippen molar-refractivity contribution < 1.29 is 8.42 Å². The monoisotopic (exact) mass is 140 g/mol. The van der Waals surface area contributed by atoms with E-state index < -0.39 is 9.84 Å². The summed E-state index contributed by atoms with van der Waals surface area (Å²) in [7, 11) is -3.13. The third kappa shape index (κ3) is 2.65. The van der Waals surface area contributed by atoms with Crippen LogP contribution in [0.1, 0.15) is 0 Å². The van der Waals surface area contributed by atoms with E-state index in [9.17, 15) is 8.42 Å². The molecule has 0 N–H and O–H groups in total. The van der Waals surface area contributed by atoms with E-state index in [1.54, 1.807) is 0 Å². The third-order valence-corrected chi connectivity index (χ3v) is 2.13. The zero-order chi connectivity index (χ0) is 5.91. The first-order chi connectivity index (χ1) is 3.12. The number of hydrogen-bond donors (Lipinski definition) is 0. The molecule has 0 spiro atoms. The molecule has 0 heterocycles. The Morgan fingerprint density at radius 3 is 2.14 bits per heavy atom. The van der Waals surface area contributed by atoms with E-state index >= 15 is 0 Å². The van der Waals surface area contributed by atoms with Gasteiger partial charge in [0.15, 0.2) is 9.84 Å². The van der Waals surface area contributed by atoms with Gasteiger partial charge in [0.2, 0.25) is 0 Å². The average molecular weight is 141 g/mol. The van der Waals surface area contributed by atoms with Crippen molar-refractivity contribution in [2.75, 3.05) is 5.21 Å². The topological polar surface area (TPSA) is 34.1 Å². The number of sulfone groups is 1. The third-order valence-electron chi connectivity index (χ3n) is 0.406. The molecule has 0 atom stereocenters. The molecule has 0 bridgehead atoms. The number of halogens is 1. The second-order valence-corrected chi connectivity index (χ2v) is 3.47. The van der Waals surface area contributed by atoms with Gasteiger partial charge in [-0.3, -0.25) is 0 Å². The Kier molecular flexibility index (Phi) is 2.32. The van der Waals surface area contributed by atoms with Crippen LogP contribution >= 0.6 is 11.6 Å². The van der Waals surface area contributed by atoms with Gasteiger partial charge in [-0.1, -0.05) is 6.58 Å². The fourth-order valence-corrected chi connectivity index (χ4v) is 0.401. The Labute approximate surface area is 47.7 Å². The van der Waals surface area contributed by atoms with Crippen LogP contribution in [0.25, 0.3) is 0 Å². The predicted molar refractivity (Wildman–Crippen MR) is 29.8 cm³/mol. The molecule has 0 radical (unpaired) electrons. The van der Waals surface area contributed by atoms with Crippen LogP contribution in [-0.2, 0) is 9.84 Å². The lowest BCUT2D eigenvalue weighted by Crippen LogP contribution is -1.92. The maximum Gasteiger partial charge on any atom is 0.184 e. The van der Waals surface area contributed by atoms with Gasteiger partial charge in [-0.25, -0.2) is 8.42 Å². The van der Waals surface area contributed by atoms with E-state index in [0.29, 0.717) is 0 Å². The number of hydrogen-bond acceptors (Lipinski definition) is 2. The summed E-state index contributed by atoms with van der Waals surface area (Å²) < 4.78 is 20.2. The highest BCUT2D eigenvalue weighted by molar-refractivity contribution is 7.95. The molecule has 0 fully saturated rings. The van der Waals surface area contributed by atoms with E-state index in [2.05, 4.69) is 6.58 Å². The van der Waals surface area contributed by atoms with E-state index in [1.807, 2.05) is 0 Å². The van der Waals surface area contributed by atoms with Gasteiger partial charge in [0.1, 0.15) is 5.21 Å². The molecule has 0 unspecified atom stereocenters. The van der Waals surface area contributed by atoms with E-state index in [1.165, 1.54) is 0 Å². The van der Waals surface area contributed by atoms with Crippen LogP contribution < -0.4 is 0 Å². The Morgan fingerprint density at radius 1 is 1.71 bits per heavy atom. The van der Waals surface area contributed by atoms with Gasteiger partial charge in [0.05, 0.1) is 0 Å². The van der Waals surface area contributed by atoms with Gasteiger partial charge in [-0.05, 0) is 0 Å². The fourth-order valence-electron chi connectivity index (χ4n) is 0.0445. The maximum atomic E-state index is 10.1. The lowest BCUT2D eigenvalue weighted by molar-refractivity contribution is 0.609. The molecule has 0 aliphatic rings. The van der Waals surface area contributed by atoms with E-state index in [0.717, 1.165) is 5.41 Å². The smallest absolute Gasteiger partial charge is 0.184 e. The van der Waals surface area contributed by atoms with Crippen molar-refractivity contribution in [2.24, 2.45) is 0 Å². The van der Waals surface area contributed by atoms with E-state index in [-0.39, 0.29) is 5.21 Å². The van der Waals surface area contributed by atoms with Crippen LogP contribution in [0.15, 0.2) is 12.0 Å². The van der Waals surface area contributed by atoms with Crippen molar-refractivity contribution in [3.8, 4) is 0 Å². The fraction of sp³-hybridized carbons (Fsp3) is 0.333. The predicted octanol–water partition coefficient (Wildman–Crippen LogP) is 0.741. The Bertz CT molecular complexity index is 146. The Balaban J connectivity index is 4.17. The Hall–Kier alpha value is -0.0200. The molecular weight excluding hydrogens is 136 g/mol. The van der Waals surface area contributed by atoms with Crippen LogP contribution in [0.4, 0.5) is 0 Å². The van der Waals surface area contributed by atoms with Gasteiger partial charge in [-0.15, -0.1) is 11.6 Å². The molecule has 0 saturated carbocycles. The summed E-state index contributed by atoms with van der Waals surface area (Å²) >= 11 is 4.93. The molecule has 0 aromatic rings. The molecule has 0 amide bonds. The lowest BCUT2D eigenvalue weighted by Gasteiger charge is -1.82. The normalized spacial score (nSPS) is 11.0. The van der Waals surface area contributed by atoms with Crippen LogP contribution in [0, 0.1) is 0 Å². The molecule has 0 rings (SSSR count). The summed E-state index contributed by atoms with van der Waals surface area (Å²) in [6.07, 6.45) is 0. The molecular formula is C3H5ClO2S.